The Balaban J connectivity index is 2.54. The third-order valence-electron chi connectivity index (χ3n) is 4.29. The first-order chi connectivity index (χ1) is 12.3. The predicted molar refractivity (Wildman–Crippen MR) is 116 cm³/mol. The zero-order chi connectivity index (χ0) is 19.3. The lowest BCUT2D eigenvalue weighted by atomic mass is 10.1. The number of para-hydroxylation sites is 1. The third kappa shape index (κ3) is 5.09. The van der Waals surface area contributed by atoms with Crippen molar-refractivity contribution in [1.29, 1.82) is 0 Å². The molecule has 3 heteroatoms. The number of hydrogen-bond acceptors (Lipinski definition) is 2. The highest BCUT2D eigenvalue weighted by molar-refractivity contribution is 6.83. The Bertz CT molecular complexity index is 727. The summed E-state index contributed by atoms with van der Waals surface area (Å²) in [7, 11) is -1.10. The molecule has 0 aromatic heterocycles. The Labute approximate surface area is 161 Å². The lowest BCUT2D eigenvalue weighted by Gasteiger charge is -2.31. The fraction of sp³-hybridized carbons (Fsp3) is 0.391. The van der Waals surface area contributed by atoms with E-state index in [1.54, 1.807) is 0 Å². The van der Waals surface area contributed by atoms with Crippen LogP contribution in [0, 0.1) is 0 Å². The van der Waals surface area contributed by atoms with Gasteiger partial charge in [-0.25, -0.2) is 0 Å². The van der Waals surface area contributed by atoms with Crippen LogP contribution in [0.25, 0.3) is 5.57 Å². The van der Waals surface area contributed by atoms with E-state index in [1.807, 2.05) is 0 Å². The fourth-order valence-corrected chi connectivity index (χ4v) is 5.80. The van der Waals surface area contributed by atoms with Crippen molar-refractivity contribution in [2.75, 3.05) is 13.1 Å². The van der Waals surface area contributed by atoms with Gasteiger partial charge in [-0.1, -0.05) is 68.5 Å². The molecular weight excluding hydrogens is 334 g/mol. The van der Waals surface area contributed by atoms with Crippen molar-refractivity contribution in [1.82, 2.24) is 4.57 Å². The molecule has 0 N–H and O–H groups in total. The van der Waals surface area contributed by atoms with Crippen LogP contribution >= 0.6 is 0 Å². The molecular formula is C23H32NOSi. The highest BCUT2D eigenvalue weighted by Crippen LogP contribution is 2.18. The monoisotopic (exact) mass is 366 g/mol. The lowest BCUT2D eigenvalue weighted by Crippen LogP contribution is -2.57. The second-order valence-corrected chi connectivity index (χ2v) is 10.0. The standard InChI is InChI=1S/C23H32NOSi/c1-8-24(9-2)26(20-16-14-19(15-17-20)18(3)4)22-13-11-10-12-21(22)25-23(5,6)7/h10-17H,3,8-9H2,1-2,4-7H3. The van der Waals surface area contributed by atoms with Crippen molar-refractivity contribution in [3.63, 3.8) is 0 Å². The van der Waals surface area contributed by atoms with Gasteiger partial charge in [0.25, 0.3) is 0 Å². The van der Waals surface area contributed by atoms with Crippen molar-refractivity contribution >= 4 is 24.9 Å². The van der Waals surface area contributed by atoms with E-state index >= 15 is 0 Å². The molecule has 0 fully saturated rings. The van der Waals surface area contributed by atoms with Gasteiger partial charge in [-0.15, -0.1) is 0 Å². The van der Waals surface area contributed by atoms with Gasteiger partial charge in [0.15, 0.2) is 0 Å². The van der Waals surface area contributed by atoms with Gasteiger partial charge in [0.05, 0.1) is 0 Å². The van der Waals surface area contributed by atoms with Crippen LogP contribution in [-0.2, 0) is 0 Å². The van der Waals surface area contributed by atoms with E-state index < -0.39 is 8.96 Å². The second-order valence-electron chi connectivity index (χ2n) is 7.59. The molecule has 0 aliphatic heterocycles. The number of ether oxygens (including phenoxy) is 1. The summed E-state index contributed by atoms with van der Waals surface area (Å²) in [4.78, 5) is 0. The second kappa shape index (κ2) is 8.70. The molecule has 139 valence electrons. The van der Waals surface area contributed by atoms with Gasteiger partial charge in [0, 0.05) is 5.19 Å². The molecule has 0 saturated heterocycles. The number of allylic oxidation sites excluding steroid dienone is 1. The highest BCUT2D eigenvalue weighted by atomic mass is 28.3. The van der Waals surface area contributed by atoms with Crippen molar-refractivity contribution < 1.29 is 4.74 Å². The normalized spacial score (nSPS) is 11.8. The van der Waals surface area contributed by atoms with Crippen molar-refractivity contribution in [3.05, 3.63) is 60.7 Å². The molecule has 2 rings (SSSR count). The first-order valence-electron chi connectivity index (χ1n) is 9.43. The SMILES string of the molecule is C=C(C)c1ccc([Si](c2ccccc2OC(C)(C)C)N(CC)CC)cc1. The summed E-state index contributed by atoms with van der Waals surface area (Å²) >= 11 is 0. The molecule has 2 aromatic rings. The van der Waals surface area contributed by atoms with E-state index in [0.717, 1.165) is 24.4 Å². The van der Waals surface area contributed by atoms with Crippen LogP contribution in [0.3, 0.4) is 0 Å². The summed E-state index contributed by atoms with van der Waals surface area (Å²) in [6.07, 6.45) is 0. The molecule has 0 aliphatic rings. The molecule has 0 aliphatic carbocycles. The summed E-state index contributed by atoms with van der Waals surface area (Å²) in [5.41, 5.74) is 2.09. The minimum absolute atomic E-state index is 0.212. The highest BCUT2D eigenvalue weighted by Gasteiger charge is 2.28. The largest absolute Gasteiger partial charge is 0.488 e. The first kappa shape index (κ1) is 20.5. The van der Waals surface area contributed by atoms with Gasteiger partial charge >= 0.3 is 0 Å². The number of nitrogens with zero attached hydrogens (tertiary/aromatic N) is 1. The molecule has 0 unspecified atom stereocenters. The minimum atomic E-state index is -1.10. The summed E-state index contributed by atoms with van der Waals surface area (Å²) < 4.78 is 8.90. The Morgan fingerprint density at radius 3 is 2.08 bits per heavy atom. The lowest BCUT2D eigenvalue weighted by molar-refractivity contribution is 0.132. The fourth-order valence-electron chi connectivity index (χ4n) is 3.04. The molecule has 1 radical (unpaired) electrons. The molecule has 0 spiro atoms. The minimum Gasteiger partial charge on any atom is -0.488 e. The summed E-state index contributed by atoms with van der Waals surface area (Å²) in [5, 5.41) is 2.70. The van der Waals surface area contributed by atoms with Gasteiger partial charge < -0.3 is 9.30 Å². The van der Waals surface area contributed by atoms with E-state index in [0.29, 0.717) is 0 Å². The Morgan fingerprint density at radius 2 is 1.58 bits per heavy atom. The molecule has 0 amide bonds. The van der Waals surface area contributed by atoms with Gasteiger partial charge in [-0.3, -0.25) is 0 Å². The first-order valence-corrected chi connectivity index (χ1v) is 10.9. The van der Waals surface area contributed by atoms with E-state index in [4.69, 9.17) is 4.74 Å². The molecule has 0 heterocycles. The Kier molecular flexibility index (Phi) is 6.85. The van der Waals surface area contributed by atoms with Gasteiger partial charge in [0.1, 0.15) is 11.4 Å². The van der Waals surface area contributed by atoms with Crippen molar-refractivity contribution in [2.45, 2.75) is 47.1 Å². The van der Waals surface area contributed by atoms with Crippen LogP contribution in [-0.4, -0.2) is 32.2 Å². The number of rotatable bonds is 7. The number of benzene rings is 2. The average molecular weight is 367 g/mol. The predicted octanol–water partition coefficient (Wildman–Crippen LogP) is 4.34. The zero-order valence-corrected chi connectivity index (χ0v) is 18.1. The maximum absolute atomic E-state index is 6.32. The van der Waals surface area contributed by atoms with Crippen LogP contribution in [0.2, 0.25) is 0 Å². The van der Waals surface area contributed by atoms with Crippen LogP contribution in [0.1, 0.15) is 47.1 Å². The van der Waals surface area contributed by atoms with Gasteiger partial charge in [-0.2, -0.15) is 0 Å². The van der Waals surface area contributed by atoms with Gasteiger partial charge in [0.2, 0.25) is 8.96 Å². The number of hydrogen-bond donors (Lipinski definition) is 0. The maximum Gasteiger partial charge on any atom is 0.212 e. The average Bonchev–Trinajstić information content (AvgIpc) is 2.59. The van der Waals surface area contributed by atoms with Crippen LogP contribution in [0.4, 0.5) is 0 Å². The van der Waals surface area contributed by atoms with E-state index in [-0.39, 0.29) is 5.60 Å². The maximum atomic E-state index is 6.32. The van der Waals surface area contributed by atoms with Crippen molar-refractivity contribution in [3.8, 4) is 5.75 Å². The zero-order valence-electron chi connectivity index (χ0n) is 17.1. The Morgan fingerprint density at radius 1 is 1.00 bits per heavy atom. The molecule has 2 nitrogen and oxygen atoms in total. The smallest absolute Gasteiger partial charge is 0.212 e. The summed E-state index contributed by atoms with van der Waals surface area (Å²) in [6, 6.07) is 17.5. The summed E-state index contributed by atoms with van der Waals surface area (Å²) in [6.45, 7) is 19.0. The van der Waals surface area contributed by atoms with Crippen LogP contribution < -0.4 is 15.1 Å². The molecule has 0 saturated carbocycles. The Hall–Kier alpha value is -1.84. The van der Waals surface area contributed by atoms with Crippen molar-refractivity contribution in [2.24, 2.45) is 0 Å². The van der Waals surface area contributed by atoms with Gasteiger partial charge in [-0.05, 0) is 57.6 Å². The molecule has 2 aromatic carbocycles. The topological polar surface area (TPSA) is 12.5 Å². The molecule has 0 atom stereocenters. The van der Waals surface area contributed by atoms with E-state index in [9.17, 15) is 0 Å². The third-order valence-corrected chi connectivity index (χ3v) is 7.36. The quantitative estimate of drug-likeness (QED) is 0.676. The molecule has 26 heavy (non-hydrogen) atoms. The van der Waals surface area contributed by atoms with Crippen LogP contribution in [0.5, 0.6) is 5.75 Å². The van der Waals surface area contributed by atoms with Crippen LogP contribution in [0.15, 0.2) is 55.1 Å². The molecule has 0 bridgehead atoms. The van der Waals surface area contributed by atoms with E-state index in [1.165, 1.54) is 15.9 Å². The summed E-state index contributed by atoms with van der Waals surface area (Å²) in [5.74, 6) is 1.00. The van der Waals surface area contributed by atoms with E-state index in [2.05, 4.69) is 101 Å².